The number of sulfonamides is 1. The van der Waals surface area contributed by atoms with Gasteiger partial charge in [-0.15, -0.1) is 0 Å². The summed E-state index contributed by atoms with van der Waals surface area (Å²) in [4.78, 5) is 28.6. The van der Waals surface area contributed by atoms with Crippen molar-refractivity contribution in [1.82, 2.24) is 10.2 Å². The van der Waals surface area contributed by atoms with Gasteiger partial charge in [-0.2, -0.15) is 13.2 Å². The van der Waals surface area contributed by atoms with Crippen LogP contribution in [0.3, 0.4) is 0 Å². The van der Waals surface area contributed by atoms with Crippen LogP contribution >= 0.6 is 0 Å². The lowest BCUT2D eigenvalue weighted by Gasteiger charge is -2.33. The second kappa shape index (κ2) is 13.8. The van der Waals surface area contributed by atoms with Gasteiger partial charge in [-0.05, 0) is 48.4 Å². The van der Waals surface area contributed by atoms with Crippen molar-refractivity contribution in [2.75, 3.05) is 17.9 Å². The van der Waals surface area contributed by atoms with Gasteiger partial charge >= 0.3 is 6.18 Å². The van der Waals surface area contributed by atoms with Crippen molar-refractivity contribution in [2.24, 2.45) is 0 Å². The van der Waals surface area contributed by atoms with Crippen molar-refractivity contribution in [2.45, 2.75) is 37.0 Å². The average Bonchev–Trinajstić information content (AvgIpc) is 3.01. The molecule has 230 valence electrons. The summed E-state index contributed by atoms with van der Waals surface area (Å²) in [5.41, 5.74) is 0.949. The van der Waals surface area contributed by atoms with Crippen LogP contribution in [-0.4, -0.2) is 44.8 Å². The normalized spacial score (nSPS) is 12.3. The Balaban J connectivity index is 1.82. The zero-order valence-corrected chi connectivity index (χ0v) is 25.0. The van der Waals surface area contributed by atoms with Crippen LogP contribution in [-0.2, 0) is 38.8 Å². The first kappa shape index (κ1) is 32.3. The van der Waals surface area contributed by atoms with Gasteiger partial charge in [0.25, 0.3) is 10.0 Å². The maximum Gasteiger partial charge on any atom is 0.416 e. The molecule has 0 aliphatic heterocycles. The van der Waals surface area contributed by atoms with E-state index < -0.39 is 46.2 Å². The highest BCUT2D eigenvalue weighted by atomic mass is 32.2. The van der Waals surface area contributed by atoms with Crippen molar-refractivity contribution >= 4 is 27.5 Å². The van der Waals surface area contributed by atoms with Crippen LogP contribution in [0.5, 0.6) is 0 Å². The maximum absolute atomic E-state index is 14.2. The maximum atomic E-state index is 14.2. The van der Waals surface area contributed by atoms with Gasteiger partial charge in [-0.3, -0.25) is 13.9 Å². The smallest absolute Gasteiger partial charge is 0.357 e. The van der Waals surface area contributed by atoms with Crippen molar-refractivity contribution in [3.8, 4) is 0 Å². The molecule has 4 aromatic rings. The lowest BCUT2D eigenvalue weighted by Crippen LogP contribution is -2.53. The van der Waals surface area contributed by atoms with Crippen molar-refractivity contribution < 1.29 is 31.2 Å². The number of nitrogens with one attached hydrogen (secondary N) is 1. The third-order valence-corrected chi connectivity index (χ3v) is 8.81. The predicted molar refractivity (Wildman–Crippen MR) is 162 cm³/mol. The quantitative estimate of drug-likeness (QED) is 0.236. The van der Waals surface area contributed by atoms with E-state index in [2.05, 4.69) is 5.32 Å². The van der Waals surface area contributed by atoms with Crippen molar-refractivity contribution in [3.63, 3.8) is 0 Å². The molecule has 2 amide bonds. The van der Waals surface area contributed by atoms with Gasteiger partial charge in [0.05, 0.1) is 16.1 Å². The van der Waals surface area contributed by atoms with E-state index in [9.17, 15) is 31.2 Å². The molecule has 4 rings (SSSR count). The van der Waals surface area contributed by atoms with Crippen molar-refractivity contribution in [1.29, 1.82) is 0 Å². The molecule has 0 aliphatic rings. The molecule has 1 N–H and O–H groups in total. The van der Waals surface area contributed by atoms with Crippen LogP contribution in [0, 0.1) is 6.92 Å². The molecule has 11 heteroatoms. The molecule has 4 aromatic carbocycles. The molecule has 0 bridgehead atoms. The Morgan fingerprint density at radius 1 is 0.818 bits per heavy atom. The van der Waals surface area contributed by atoms with Crippen LogP contribution < -0.4 is 9.62 Å². The molecule has 0 aliphatic carbocycles. The van der Waals surface area contributed by atoms with Gasteiger partial charge in [0.1, 0.15) is 12.6 Å². The van der Waals surface area contributed by atoms with E-state index in [1.165, 1.54) is 42.3 Å². The fourth-order valence-corrected chi connectivity index (χ4v) is 6.24. The number of alkyl halides is 3. The minimum atomic E-state index is -4.75. The van der Waals surface area contributed by atoms with Crippen LogP contribution in [0.4, 0.5) is 18.9 Å². The first-order valence-electron chi connectivity index (χ1n) is 13.8. The SMILES string of the molecule is CNC(=O)[C@H](Cc1ccccc1)N(Cc1cccc(C)c1)C(=O)CN(c1cccc(C(F)(F)F)c1)S(=O)(=O)c1ccccc1. The Kier molecular flexibility index (Phi) is 10.1. The van der Waals surface area contributed by atoms with E-state index in [0.717, 1.165) is 23.3 Å². The van der Waals surface area contributed by atoms with Gasteiger partial charge in [0.15, 0.2) is 0 Å². The summed E-state index contributed by atoms with van der Waals surface area (Å²) in [6.45, 7) is 0.970. The van der Waals surface area contributed by atoms with E-state index in [-0.39, 0.29) is 23.5 Å². The molecule has 1 atom stereocenters. The van der Waals surface area contributed by atoms with E-state index in [4.69, 9.17) is 0 Å². The zero-order valence-electron chi connectivity index (χ0n) is 24.2. The summed E-state index contributed by atoms with van der Waals surface area (Å²) < 4.78 is 69.5. The van der Waals surface area contributed by atoms with Gasteiger partial charge in [0.2, 0.25) is 11.8 Å². The third-order valence-electron chi connectivity index (χ3n) is 7.02. The lowest BCUT2D eigenvalue weighted by atomic mass is 10.0. The number of halogens is 3. The van der Waals surface area contributed by atoms with Gasteiger partial charge in [-0.25, -0.2) is 8.42 Å². The standard InChI is InChI=1S/C33H32F3N3O4S/c1-24-11-9-14-26(19-24)22-38(30(32(41)37-2)20-25-12-5-3-6-13-25)31(40)23-39(44(42,43)29-17-7-4-8-18-29)28-16-10-15-27(21-28)33(34,35)36/h3-19,21,30H,20,22-23H2,1-2H3,(H,37,41)/t30-/m0/s1. The summed E-state index contributed by atoms with van der Waals surface area (Å²) in [5.74, 6) is -1.25. The highest BCUT2D eigenvalue weighted by molar-refractivity contribution is 7.92. The Labute approximate surface area is 255 Å². The number of likely N-dealkylation sites (N-methyl/N-ethyl adjacent to an activating group) is 1. The van der Waals surface area contributed by atoms with E-state index in [1.54, 1.807) is 42.5 Å². The number of rotatable bonds is 11. The molecule has 44 heavy (non-hydrogen) atoms. The second-order valence-corrected chi connectivity index (χ2v) is 12.1. The third kappa shape index (κ3) is 7.84. The summed E-state index contributed by atoms with van der Waals surface area (Å²) >= 11 is 0. The Morgan fingerprint density at radius 3 is 2.05 bits per heavy atom. The Bertz CT molecular complexity index is 1700. The molecule has 0 radical (unpaired) electrons. The number of amides is 2. The van der Waals surface area contributed by atoms with Crippen LogP contribution in [0.2, 0.25) is 0 Å². The average molecular weight is 624 g/mol. The van der Waals surface area contributed by atoms with Crippen LogP contribution in [0.15, 0.2) is 114 Å². The molecular weight excluding hydrogens is 591 g/mol. The number of carbonyl (C=O) groups is 2. The molecule has 0 unspecified atom stereocenters. The second-order valence-electron chi connectivity index (χ2n) is 10.2. The number of anilines is 1. The number of hydrogen-bond donors (Lipinski definition) is 1. The predicted octanol–water partition coefficient (Wildman–Crippen LogP) is 5.60. The zero-order chi connectivity index (χ0) is 31.9. The highest BCUT2D eigenvalue weighted by Crippen LogP contribution is 2.33. The lowest BCUT2D eigenvalue weighted by molar-refractivity contribution is -0.139. The van der Waals surface area contributed by atoms with E-state index in [0.29, 0.717) is 15.9 Å². The largest absolute Gasteiger partial charge is 0.416 e. The highest BCUT2D eigenvalue weighted by Gasteiger charge is 2.36. The molecule has 0 fully saturated rings. The van der Waals surface area contributed by atoms with Gasteiger partial charge < -0.3 is 10.2 Å². The number of hydrogen-bond acceptors (Lipinski definition) is 4. The summed E-state index contributed by atoms with van der Waals surface area (Å²) in [5, 5.41) is 2.59. The summed E-state index contributed by atoms with van der Waals surface area (Å²) in [7, 11) is -3.08. The topological polar surface area (TPSA) is 86.8 Å². The molecule has 0 saturated heterocycles. The van der Waals surface area contributed by atoms with Gasteiger partial charge in [-0.1, -0.05) is 84.4 Å². The van der Waals surface area contributed by atoms with Crippen molar-refractivity contribution in [3.05, 3.63) is 131 Å². The van der Waals surface area contributed by atoms with E-state index in [1.807, 2.05) is 25.1 Å². The fraction of sp³-hybridized carbons (Fsp3) is 0.212. The number of nitrogens with zero attached hydrogens (tertiary/aromatic N) is 2. The first-order chi connectivity index (χ1) is 20.9. The minimum Gasteiger partial charge on any atom is -0.357 e. The molecule has 0 aromatic heterocycles. The minimum absolute atomic E-state index is 0.0484. The van der Waals surface area contributed by atoms with E-state index >= 15 is 0 Å². The molecule has 7 nitrogen and oxygen atoms in total. The molecular formula is C33H32F3N3O4S. The first-order valence-corrected chi connectivity index (χ1v) is 15.2. The number of benzene rings is 4. The van der Waals surface area contributed by atoms with Crippen LogP contribution in [0.1, 0.15) is 22.3 Å². The summed E-state index contributed by atoms with van der Waals surface area (Å²) in [6.07, 6.45) is -4.63. The fourth-order valence-electron chi connectivity index (χ4n) is 4.81. The molecule has 0 spiro atoms. The Morgan fingerprint density at radius 2 is 1.43 bits per heavy atom. The molecule has 0 heterocycles. The number of carbonyl (C=O) groups excluding carboxylic acids is 2. The molecule has 0 saturated carbocycles. The summed E-state index contributed by atoms with van der Waals surface area (Å²) in [6, 6.07) is 26.2. The Hall–Kier alpha value is -4.64. The van der Waals surface area contributed by atoms with Crippen LogP contribution in [0.25, 0.3) is 0 Å². The number of aryl methyl sites for hydroxylation is 1. The monoisotopic (exact) mass is 623 g/mol. The van der Waals surface area contributed by atoms with Gasteiger partial charge in [0, 0.05) is 20.0 Å².